The maximum atomic E-state index is 12.9. The lowest BCUT2D eigenvalue weighted by Crippen LogP contribution is -1.90. The largest absolute Gasteiger partial charge is 0.225 e. The Morgan fingerprint density at radius 2 is 1.79 bits per heavy atom. The van der Waals surface area contributed by atoms with E-state index in [1.54, 1.807) is 0 Å². The van der Waals surface area contributed by atoms with Crippen LogP contribution in [0, 0.1) is 5.95 Å². The van der Waals surface area contributed by atoms with Crippen molar-refractivity contribution >= 4 is 11.6 Å². The average molecular weight is 209 g/mol. The van der Waals surface area contributed by atoms with E-state index in [0.717, 1.165) is 5.56 Å². The zero-order valence-corrected chi connectivity index (χ0v) is 7.87. The summed E-state index contributed by atoms with van der Waals surface area (Å²) in [6.07, 6.45) is 0. The molecule has 0 radical (unpaired) electrons. The molecule has 2 rings (SSSR count). The van der Waals surface area contributed by atoms with E-state index >= 15 is 0 Å². The Labute approximate surface area is 85.4 Å². The van der Waals surface area contributed by atoms with E-state index in [1.807, 2.05) is 30.3 Å². The molecule has 0 N–H and O–H groups in total. The lowest BCUT2D eigenvalue weighted by atomic mass is 10.1. The van der Waals surface area contributed by atoms with Gasteiger partial charge < -0.3 is 0 Å². The SMILES string of the molecule is Fc1cc(-c2ccccc2)nc(Cl)n1. The zero-order valence-electron chi connectivity index (χ0n) is 7.11. The van der Waals surface area contributed by atoms with Gasteiger partial charge in [0.05, 0.1) is 5.69 Å². The fourth-order valence-corrected chi connectivity index (χ4v) is 1.32. The number of nitrogens with zero attached hydrogens (tertiary/aromatic N) is 2. The fraction of sp³-hybridized carbons (Fsp3) is 0. The third kappa shape index (κ3) is 1.88. The summed E-state index contributed by atoms with van der Waals surface area (Å²) in [6, 6.07) is 10.5. The second-order valence-corrected chi connectivity index (χ2v) is 3.05. The molecular weight excluding hydrogens is 203 g/mol. The number of aromatic nitrogens is 2. The minimum absolute atomic E-state index is 0.0798. The van der Waals surface area contributed by atoms with E-state index in [0.29, 0.717) is 5.69 Å². The van der Waals surface area contributed by atoms with Crippen molar-refractivity contribution in [2.75, 3.05) is 0 Å². The van der Waals surface area contributed by atoms with Crippen molar-refractivity contribution < 1.29 is 4.39 Å². The Bertz CT molecular complexity index is 425. The summed E-state index contributed by atoms with van der Waals surface area (Å²) in [4.78, 5) is 7.27. The van der Waals surface area contributed by atoms with Gasteiger partial charge >= 0.3 is 0 Å². The van der Waals surface area contributed by atoms with Gasteiger partial charge in [-0.15, -0.1) is 0 Å². The lowest BCUT2D eigenvalue weighted by Gasteiger charge is -2.00. The highest BCUT2D eigenvalue weighted by Gasteiger charge is 2.03. The van der Waals surface area contributed by atoms with Gasteiger partial charge in [-0.3, -0.25) is 0 Å². The van der Waals surface area contributed by atoms with Gasteiger partial charge in [0.2, 0.25) is 11.2 Å². The van der Waals surface area contributed by atoms with Crippen LogP contribution < -0.4 is 0 Å². The van der Waals surface area contributed by atoms with E-state index in [9.17, 15) is 4.39 Å². The van der Waals surface area contributed by atoms with E-state index in [1.165, 1.54) is 6.07 Å². The maximum absolute atomic E-state index is 12.9. The lowest BCUT2D eigenvalue weighted by molar-refractivity contribution is 0.580. The monoisotopic (exact) mass is 208 g/mol. The Morgan fingerprint density at radius 3 is 2.43 bits per heavy atom. The third-order valence-electron chi connectivity index (χ3n) is 1.74. The fourth-order valence-electron chi connectivity index (χ4n) is 1.15. The molecule has 1 heterocycles. The first-order chi connectivity index (χ1) is 6.75. The first-order valence-corrected chi connectivity index (χ1v) is 4.39. The quantitative estimate of drug-likeness (QED) is 0.532. The van der Waals surface area contributed by atoms with Gasteiger partial charge in [-0.05, 0) is 11.6 Å². The summed E-state index contributed by atoms with van der Waals surface area (Å²) >= 11 is 5.54. The van der Waals surface area contributed by atoms with Crippen molar-refractivity contribution in [2.24, 2.45) is 0 Å². The molecule has 0 aliphatic heterocycles. The molecule has 4 heteroatoms. The van der Waals surface area contributed by atoms with Crippen LogP contribution in [0.2, 0.25) is 5.28 Å². The van der Waals surface area contributed by atoms with Gasteiger partial charge in [0.25, 0.3) is 0 Å². The van der Waals surface area contributed by atoms with Crippen LogP contribution in [0.15, 0.2) is 36.4 Å². The highest BCUT2D eigenvalue weighted by atomic mass is 35.5. The molecule has 0 saturated heterocycles. The smallest absolute Gasteiger partial charge is 0.218 e. The molecule has 0 aliphatic rings. The standard InChI is InChI=1S/C10H6ClFN2/c11-10-13-8(6-9(12)14-10)7-4-2-1-3-5-7/h1-6H. The summed E-state index contributed by atoms with van der Waals surface area (Å²) in [7, 11) is 0. The van der Waals surface area contributed by atoms with Crippen molar-refractivity contribution in [3.05, 3.63) is 47.6 Å². The van der Waals surface area contributed by atoms with Gasteiger partial charge in [0.15, 0.2) is 0 Å². The summed E-state index contributed by atoms with van der Waals surface area (Å²) < 4.78 is 12.9. The molecule has 2 aromatic rings. The molecule has 0 atom stereocenters. The van der Waals surface area contributed by atoms with Crippen molar-refractivity contribution in [1.82, 2.24) is 9.97 Å². The van der Waals surface area contributed by atoms with Crippen LogP contribution in [0.5, 0.6) is 0 Å². The maximum Gasteiger partial charge on any atom is 0.225 e. The minimum atomic E-state index is -0.621. The highest BCUT2D eigenvalue weighted by molar-refractivity contribution is 6.28. The molecule has 0 bridgehead atoms. The summed E-state index contributed by atoms with van der Waals surface area (Å²) in [5.74, 6) is -0.621. The van der Waals surface area contributed by atoms with Crippen molar-refractivity contribution in [3.63, 3.8) is 0 Å². The van der Waals surface area contributed by atoms with Crippen LogP contribution in [-0.2, 0) is 0 Å². The molecule has 1 aromatic carbocycles. The Kier molecular flexibility index (Phi) is 2.41. The molecule has 0 unspecified atom stereocenters. The molecule has 0 amide bonds. The molecule has 0 spiro atoms. The van der Waals surface area contributed by atoms with E-state index < -0.39 is 5.95 Å². The van der Waals surface area contributed by atoms with Crippen molar-refractivity contribution in [1.29, 1.82) is 0 Å². The number of halogens is 2. The molecule has 0 saturated carbocycles. The topological polar surface area (TPSA) is 25.8 Å². The number of hydrogen-bond acceptors (Lipinski definition) is 2. The van der Waals surface area contributed by atoms with E-state index in [4.69, 9.17) is 11.6 Å². The summed E-state index contributed by atoms with van der Waals surface area (Å²) in [5, 5.41) is -0.0798. The van der Waals surface area contributed by atoms with Gasteiger partial charge in [-0.1, -0.05) is 30.3 Å². The number of benzene rings is 1. The predicted molar refractivity (Wildman–Crippen MR) is 52.4 cm³/mol. The van der Waals surface area contributed by atoms with Crippen LogP contribution in [0.1, 0.15) is 0 Å². The van der Waals surface area contributed by atoms with Crippen molar-refractivity contribution in [3.8, 4) is 11.3 Å². The average Bonchev–Trinajstić information content (AvgIpc) is 2.18. The van der Waals surface area contributed by atoms with Gasteiger partial charge in [-0.25, -0.2) is 4.98 Å². The van der Waals surface area contributed by atoms with Crippen LogP contribution in [-0.4, -0.2) is 9.97 Å². The molecule has 0 aliphatic carbocycles. The van der Waals surface area contributed by atoms with Gasteiger partial charge in [-0.2, -0.15) is 9.37 Å². The minimum Gasteiger partial charge on any atom is -0.218 e. The molecule has 2 nitrogen and oxygen atoms in total. The van der Waals surface area contributed by atoms with Crippen LogP contribution in [0.25, 0.3) is 11.3 Å². The van der Waals surface area contributed by atoms with Gasteiger partial charge in [0.1, 0.15) is 0 Å². The predicted octanol–water partition coefficient (Wildman–Crippen LogP) is 2.94. The highest BCUT2D eigenvalue weighted by Crippen LogP contribution is 2.18. The third-order valence-corrected chi connectivity index (χ3v) is 1.91. The molecule has 70 valence electrons. The molecular formula is C10H6ClFN2. The molecule has 1 aromatic heterocycles. The summed E-state index contributed by atoms with van der Waals surface area (Å²) in [6.45, 7) is 0. The van der Waals surface area contributed by atoms with Crippen LogP contribution >= 0.6 is 11.6 Å². The number of hydrogen-bond donors (Lipinski definition) is 0. The number of rotatable bonds is 1. The first-order valence-electron chi connectivity index (χ1n) is 4.01. The Balaban J connectivity index is 2.52. The summed E-state index contributed by atoms with van der Waals surface area (Å²) in [5.41, 5.74) is 1.30. The molecule has 14 heavy (non-hydrogen) atoms. The Hall–Kier alpha value is -1.48. The molecule has 0 fully saturated rings. The van der Waals surface area contributed by atoms with Gasteiger partial charge in [0, 0.05) is 11.6 Å². The van der Waals surface area contributed by atoms with Crippen LogP contribution in [0.3, 0.4) is 0 Å². The second-order valence-electron chi connectivity index (χ2n) is 2.71. The first kappa shape index (κ1) is 9.09. The van der Waals surface area contributed by atoms with Crippen LogP contribution in [0.4, 0.5) is 4.39 Å². The Morgan fingerprint density at radius 1 is 1.07 bits per heavy atom. The van der Waals surface area contributed by atoms with E-state index in [2.05, 4.69) is 9.97 Å². The van der Waals surface area contributed by atoms with E-state index in [-0.39, 0.29) is 5.28 Å². The van der Waals surface area contributed by atoms with Crippen molar-refractivity contribution in [2.45, 2.75) is 0 Å². The second kappa shape index (κ2) is 3.72. The zero-order chi connectivity index (χ0) is 9.97. The normalized spacial score (nSPS) is 10.1.